The van der Waals surface area contributed by atoms with Crippen LogP contribution >= 0.6 is 0 Å². The molecule has 1 aliphatic heterocycles. The topological polar surface area (TPSA) is 37.4 Å². The van der Waals surface area contributed by atoms with Gasteiger partial charge in [-0.1, -0.05) is 38.0 Å². The van der Waals surface area contributed by atoms with Crippen LogP contribution in [0.4, 0.5) is 24.5 Å². The van der Waals surface area contributed by atoms with Crippen molar-refractivity contribution in [1.82, 2.24) is 9.88 Å². The number of para-hydroxylation sites is 1. The smallest absolute Gasteiger partial charge is 0.416 e. The van der Waals surface area contributed by atoms with Crippen LogP contribution in [0.1, 0.15) is 43.9 Å². The number of likely N-dealkylation sites (tertiary alicyclic amines) is 1. The molecule has 1 N–H and O–H groups in total. The zero-order valence-corrected chi connectivity index (χ0v) is 19.8. The first-order chi connectivity index (χ1) is 16.3. The number of fused-ring (bicyclic) bond motifs is 1. The molecule has 0 saturated carbocycles. The van der Waals surface area contributed by atoms with E-state index in [0.29, 0.717) is 24.5 Å². The molecule has 34 heavy (non-hydrogen) atoms. The number of nitrogens with one attached hydrogen (secondary N) is 1. The zero-order chi connectivity index (χ0) is 24.1. The second kappa shape index (κ2) is 10.6. The number of hydrogen-bond acceptors (Lipinski definition) is 4. The fourth-order valence-corrected chi connectivity index (χ4v) is 4.68. The molecule has 0 amide bonds. The number of alkyl halides is 3. The van der Waals surface area contributed by atoms with Crippen LogP contribution in [0.2, 0.25) is 0 Å². The van der Waals surface area contributed by atoms with Crippen LogP contribution in [0.25, 0.3) is 10.9 Å². The van der Waals surface area contributed by atoms with Crippen LogP contribution in [0, 0.1) is 12.8 Å². The Hall–Kier alpha value is -2.80. The molecule has 3 aromatic rings. The first kappa shape index (κ1) is 24.3. The standard InChI is InChI=1S/C27H32F3N3O/c1-3-6-20-9-11-33(12-10-20)13-14-34-23-17-21(27(28,29)30)16-22(18-23)32-26-15-19(2)31-25-8-5-4-7-24(25)26/h4-5,7-8,15-18,20H,3,6,9-14H2,1-2H3,(H,31,32). The van der Waals surface area contributed by atoms with E-state index in [-0.39, 0.29) is 5.75 Å². The summed E-state index contributed by atoms with van der Waals surface area (Å²) in [5, 5.41) is 4.01. The van der Waals surface area contributed by atoms with E-state index < -0.39 is 11.7 Å². The highest BCUT2D eigenvalue weighted by Crippen LogP contribution is 2.36. The number of aromatic nitrogens is 1. The number of nitrogens with zero attached hydrogens (tertiary/aromatic N) is 2. The van der Waals surface area contributed by atoms with Crippen molar-refractivity contribution < 1.29 is 17.9 Å². The molecular formula is C27H32F3N3O. The average Bonchev–Trinajstić information content (AvgIpc) is 2.80. The third-order valence-corrected chi connectivity index (χ3v) is 6.44. The van der Waals surface area contributed by atoms with Crippen molar-refractivity contribution in [2.75, 3.05) is 31.6 Å². The third kappa shape index (κ3) is 6.20. The number of hydrogen-bond donors (Lipinski definition) is 1. The Morgan fingerprint density at radius 2 is 1.85 bits per heavy atom. The number of pyridine rings is 1. The van der Waals surface area contributed by atoms with E-state index in [1.165, 1.54) is 25.7 Å². The molecule has 4 nitrogen and oxygen atoms in total. The highest BCUT2D eigenvalue weighted by atomic mass is 19.4. The van der Waals surface area contributed by atoms with E-state index in [1.54, 1.807) is 6.07 Å². The molecule has 1 aliphatic rings. The van der Waals surface area contributed by atoms with Crippen molar-refractivity contribution >= 4 is 22.3 Å². The van der Waals surface area contributed by atoms with Crippen LogP contribution in [-0.2, 0) is 6.18 Å². The number of rotatable bonds is 8. The van der Waals surface area contributed by atoms with E-state index in [2.05, 4.69) is 22.1 Å². The fraction of sp³-hybridized carbons (Fsp3) is 0.444. The number of ether oxygens (including phenoxy) is 1. The molecule has 0 atom stereocenters. The van der Waals surface area contributed by atoms with Gasteiger partial charge < -0.3 is 10.1 Å². The third-order valence-electron chi connectivity index (χ3n) is 6.44. The van der Waals surface area contributed by atoms with Crippen LogP contribution < -0.4 is 10.1 Å². The maximum atomic E-state index is 13.6. The van der Waals surface area contributed by atoms with Gasteiger partial charge >= 0.3 is 6.18 Å². The molecule has 0 radical (unpaired) electrons. The molecule has 0 unspecified atom stereocenters. The van der Waals surface area contributed by atoms with Gasteiger partial charge in [0.15, 0.2) is 0 Å². The van der Waals surface area contributed by atoms with E-state index in [0.717, 1.165) is 47.7 Å². The minimum Gasteiger partial charge on any atom is -0.492 e. The molecule has 1 fully saturated rings. The summed E-state index contributed by atoms with van der Waals surface area (Å²) in [6, 6.07) is 13.2. The number of aryl methyl sites for hydroxylation is 1. The van der Waals surface area contributed by atoms with E-state index in [9.17, 15) is 13.2 Å². The lowest BCUT2D eigenvalue weighted by Crippen LogP contribution is -2.36. The van der Waals surface area contributed by atoms with Crippen LogP contribution in [0.5, 0.6) is 5.75 Å². The highest BCUT2D eigenvalue weighted by molar-refractivity contribution is 5.93. The number of piperidine rings is 1. The van der Waals surface area contributed by atoms with Crippen molar-refractivity contribution in [3.05, 3.63) is 59.8 Å². The predicted molar refractivity (Wildman–Crippen MR) is 131 cm³/mol. The molecule has 0 aliphatic carbocycles. The monoisotopic (exact) mass is 471 g/mol. The van der Waals surface area contributed by atoms with Crippen LogP contribution in [0.15, 0.2) is 48.5 Å². The molecule has 7 heteroatoms. The molecule has 0 bridgehead atoms. The predicted octanol–water partition coefficient (Wildman–Crippen LogP) is 7.20. The lowest BCUT2D eigenvalue weighted by Gasteiger charge is -2.31. The van der Waals surface area contributed by atoms with E-state index in [1.807, 2.05) is 37.3 Å². The molecule has 2 heterocycles. The Balaban J connectivity index is 1.48. The van der Waals surface area contributed by atoms with Gasteiger partial charge in [0.25, 0.3) is 0 Å². The zero-order valence-electron chi connectivity index (χ0n) is 19.8. The van der Waals surface area contributed by atoms with Crippen molar-refractivity contribution in [3.63, 3.8) is 0 Å². The molecule has 1 saturated heterocycles. The van der Waals surface area contributed by atoms with Gasteiger partial charge in [-0.05, 0) is 63.0 Å². The van der Waals surface area contributed by atoms with Gasteiger partial charge in [0.05, 0.1) is 11.1 Å². The quantitative estimate of drug-likeness (QED) is 0.377. The summed E-state index contributed by atoms with van der Waals surface area (Å²) in [5.74, 6) is 1.01. The first-order valence-corrected chi connectivity index (χ1v) is 12.0. The van der Waals surface area contributed by atoms with Gasteiger partial charge in [0.1, 0.15) is 12.4 Å². The van der Waals surface area contributed by atoms with Crippen molar-refractivity contribution in [3.8, 4) is 5.75 Å². The van der Waals surface area contributed by atoms with Crippen LogP contribution in [0.3, 0.4) is 0 Å². The molecule has 182 valence electrons. The lowest BCUT2D eigenvalue weighted by atomic mass is 9.92. The molecule has 2 aromatic carbocycles. The minimum absolute atomic E-state index is 0.216. The maximum Gasteiger partial charge on any atom is 0.416 e. The molecule has 1 aromatic heterocycles. The summed E-state index contributed by atoms with van der Waals surface area (Å²) in [6.07, 6.45) is 0.397. The highest BCUT2D eigenvalue weighted by Gasteiger charge is 2.31. The average molecular weight is 472 g/mol. The lowest BCUT2D eigenvalue weighted by molar-refractivity contribution is -0.137. The fourth-order valence-electron chi connectivity index (χ4n) is 4.68. The molecule has 0 spiro atoms. The van der Waals surface area contributed by atoms with Gasteiger partial charge in [0.2, 0.25) is 0 Å². The van der Waals surface area contributed by atoms with Gasteiger partial charge in [0, 0.05) is 35.1 Å². The summed E-state index contributed by atoms with van der Waals surface area (Å²) in [7, 11) is 0. The SMILES string of the molecule is CCCC1CCN(CCOc2cc(Nc3cc(C)nc4ccccc34)cc(C(F)(F)F)c2)CC1. The maximum absolute atomic E-state index is 13.6. The number of benzene rings is 2. The van der Waals surface area contributed by atoms with Crippen LogP contribution in [-0.4, -0.2) is 36.1 Å². The molecular weight excluding hydrogens is 439 g/mol. The summed E-state index contributed by atoms with van der Waals surface area (Å²) in [4.78, 5) is 6.84. The van der Waals surface area contributed by atoms with Crippen molar-refractivity contribution in [1.29, 1.82) is 0 Å². The largest absolute Gasteiger partial charge is 0.492 e. The van der Waals surface area contributed by atoms with Gasteiger partial charge in [-0.3, -0.25) is 9.88 Å². The first-order valence-electron chi connectivity index (χ1n) is 12.0. The minimum atomic E-state index is -4.47. The second-order valence-corrected chi connectivity index (χ2v) is 9.12. The Morgan fingerprint density at radius 3 is 2.59 bits per heavy atom. The Bertz CT molecular complexity index is 1110. The number of halogens is 3. The molecule has 4 rings (SSSR count). The van der Waals surface area contributed by atoms with E-state index >= 15 is 0 Å². The Morgan fingerprint density at radius 1 is 1.09 bits per heavy atom. The van der Waals surface area contributed by atoms with Gasteiger partial charge in [-0.2, -0.15) is 13.2 Å². The van der Waals surface area contributed by atoms with Gasteiger partial charge in [-0.15, -0.1) is 0 Å². The second-order valence-electron chi connectivity index (χ2n) is 9.12. The van der Waals surface area contributed by atoms with Crippen molar-refractivity contribution in [2.24, 2.45) is 5.92 Å². The summed E-state index contributed by atoms with van der Waals surface area (Å²) < 4.78 is 46.7. The summed E-state index contributed by atoms with van der Waals surface area (Å²) in [6.45, 7) is 7.21. The summed E-state index contributed by atoms with van der Waals surface area (Å²) in [5.41, 5.74) is 1.88. The normalized spacial score (nSPS) is 15.6. The summed E-state index contributed by atoms with van der Waals surface area (Å²) >= 11 is 0. The van der Waals surface area contributed by atoms with E-state index in [4.69, 9.17) is 4.74 Å². The number of anilines is 2. The van der Waals surface area contributed by atoms with Gasteiger partial charge in [-0.25, -0.2) is 0 Å². The Kier molecular flexibility index (Phi) is 7.61. The van der Waals surface area contributed by atoms with Crippen molar-refractivity contribution in [2.45, 2.75) is 45.7 Å². The Labute approximate surface area is 199 Å².